The van der Waals surface area contributed by atoms with Crippen molar-refractivity contribution in [3.63, 3.8) is 0 Å². The molecule has 0 aliphatic heterocycles. The number of amides is 3. The van der Waals surface area contributed by atoms with Crippen molar-refractivity contribution in [3.8, 4) is 0 Å². The molecule has 94 valence electrons. The van der Waals surface area contributed by atoms with E-state index in [1.807, 2.05) is 20.8 Å². The Hall–Kier alpha value is -0.750. The van der Waals surface area contributed by atoms with E-state index in [9.17, 15) is 9.59 Å². The molecular weight excluding hydrogens is 226 g/mol. The summed E-state index contributed by atoms with van der Waals surface area (Å²) in [5.41, 5.74) is 5.46. The van der Waals surface area contributed by atoms with Gasteiger partial charge in [-0.3, -0.25) is 10.1 Å². The lowest BCUT2D eigenvalue weighted by Gasteiger charge is -2.17. The highest BCUT2D eigenvalue weighted by atomic mass is 32.2. The summed E-state index contributed by atoms with van der Waals surface area (Å²) in [7, 11) is 0. The molecule has 0 fully saturated rings. The Labute approximate surface area is 101 Å². The predicted molar refractivity (Wildman–Crippen MR) is 67.4 cm³/mol. The van der Waals surface area contributed by atoms with Crippen LogP contribution in [0.25, 0.3) is 0 Å². The molecule has 0 radical (unpaired) electrons. The summed E-state index contributed by atoms with van der Waals surface area (Å²) in [6.07, 6.45) is 0.845. The van der Waals surface area contributed by atoms with Crippen LogP contribution in [-0.2, 0) is 4.79 Å². The fourth-order valence-corrected chi connectivity index (χ4v) is 1.74. The molecule has 0 saturated heterocycles. The maximum absolute atomic E-state index is 11.3. The zero-order chi connectivity index (χ0) is 12.6. The number of nitrogens with one attached hydrogen (secondary N) is 2. The maximum Gasteiger partial charge on any atom is 0.321 e. The van der Waals surface area contributed by atoms with Crippen molar-refractivity contribution in [3.05, 3.63) is 0 Å². The first-order valence-corrected chi connectivity index (χ1v) is 6.45. The van der Waals surface area contributed by atoms with Crippen LogP contribution in [0, 0.1) is 0 Å². The van der Waals surface area contributed by atoms with Gasteiger partial charge in [-0.25, -0.2) is 4.79 Å². The second kappa shape index (κ2) is 7.51. The number of hydrogen-bond donors (Lipinski definition) is 3. The first kappa shape index (κ1) is 15.2. The van der Waals surface area contributed by atoms with Gasteiger partial charge in [0.1, 0.15) is 0 Å². The number of imide groups is 1. The Bertz CT molecular complexity index is 239. The van der Waals surface area contributed by atoms with Crippen LogP contribution in [0.3, 0.4) is 0 Å². The number of nitrogens with two attached hydrogens (primary N) is 1. The lowest BCUT2D eigenvalue weighted by Crippen LogP contribution is -2.41. The summed E-state index contributed by atoms with van der Waals surface area (Å²) in [6.45, 7) is 6.31. The van der Waals surface area contributed by atoms with Gasteiger partial charge in [-0.2, -0.15) is 11.8 Å². The highest BCUT2D eigenvalue weighted by Crippen LogP contribution is 2.08. The number of carbonyl (C=O) groups excluding carboxylic acids is 2. The van der Waals surface area contributed by atoms with E-state index in [0.29, 0.717) is 12.3 Å². The van der Waals surface area contributed by atoms with E-state index in [4.69, 9.17) is 5.73 Å². The number of urea groups is 1. The van der Waals surface area contributed by atoms with Crippen molar-refractivity contribution in [1.29, 1.82) is 0 Å². The van der Waals surface area contributed by atoms with Gasteiger partial charge < -0.3 is 11.1 Å². The number of hydrogen-bond acceptors (Lipinski definition) is 4. The average Bonchev–Trinajstić information content (AvgIpc) is 2.12. The molecule has 0 bridgehead atoms. The van der Waals surface area contributed by atoms with E-state index in [-0.39, 0.29) is 17.2 Å². The summed E-state index contributed by atoms with van der Waals surface area (Å²) >= 11 is 1.42. The standard InChI is InChI=1S/C10H21N3O2S/c1-4-5-12-9(15)13-8(14)6-16-7-10(2,3)11/h4-7,11H2,1-3H3,(H2,12,13,14,15). The Morgan fingerprint density at radius 2 is 2.00 bits per heavy atom. The molecule has 0 aromatic rings. The fraction of sp³-hybridized carbons (Fsp3) is 0.800. The van der Waals surface area contributed by atoms with Gasteiger partial charge in [0, 0.05) is 17.8 Å². The highest BCUT2D eigenvalue weighted by Gasteiger charge is 2.12. The Morgan fingerprint density at radius 3 is 2.50 bits per heavy atom. The first-order valence-electron chi connectivity index (χ1n) is 5.29. The summed E-state index contributed by atoms with van der Waals surface area (Å²) in [4.78, 5) is 22.4. The molecule has 0 aromatic heterocycles. The quantitative estimate of drug-likeness (QED) is 0.645. The summed E-state index contributed by atoms with van der Waals surface area (Å²) < 4.78 is 0. The third kappa shape index (κ3) is 9.79. The predicted octanol–water partition coefficient (Wildman–Crippen LogP) is 0.693. The largest absolute Gasteiger partial charge is 0.338 e. The molecule has 16 heavy (non-hydrogen) atoms. The van der Waals surface area contributed by atoms with Gasteiger partial charge in [0.05, 0.1) is 5.75 Å². The van der Waals surface area contributed by atoms with Gasteiger partial charge in [-0.05, 0) is 20.3 Å². The average molecular weight is 247 g/mol. The van der Waals surface area contributed by atoms with Crippen LogP contribution in [0.4, 0.5) is 4.79 Å². The molecule has 0 atom stereocenters. The molecule has 6 heteroatoms. The minimum absolute atomic E-state index is 0.250. The van der Waals surface area contributed by atoms with E-state index in [2.05, 4.69) is 10.6 Å². The molecule has 0 saturated carbocycles. The molecule has 5 nitrogen and oxygen atoms in total. The van der Waals surface area contributed by atoms with Crippen molar-refractivity contribution in [2.75, 3.05) is 18.1 Å². The van der Waals surface area contributed by atoms with E-state index in [1.165, 1.54) is 11.8 Å². The normalized spacial score (nSPS) is 11.0. The van der Waals surface area contributed by atoms with Crippen LogP contribution < -0.4 is 16.4 Å². The van der Waals surface area contributed by atoms with Gasteiger partial charge in [0.15, 0.2) is 0 Å². The van der Waals surface area contributed by atoms with Crippen LogP contribution >= 0.6 is 11.8 Å². The molecule has 0 aliphatic carbocycles. The third-order valence-electron chi connectivity index (χ3n) is 1.50. The molecule has 0 aliphatic rings. The summed E-state index contributed by atoms with van der Waals surface area (Å²) in [5, 5.41) is 4.82. The van der Waals surface area contributed by atoms with Gasteiger partial charge in [-0.1, -0.05) is 6.92 Å². The molecular formula is C10H21N3O2S. The molecule has 0 spiro atoms. The van der Waals surface area contributed by atoms with Crippen molar-refractivity contribution in [2.45, 2.75) is 32.7 Å². The van der Waals surface area contributed by atoms with Gasteiger partial charge >= 0.3 is 6.03 Å². The van der Waals surface area contributed by atoms with Gasteiger partial charge in [0.2, 0.25) is 5.91 Å². The molecule has 0 aromatic carbocycles. The van der Waals surface area contributed by atoms with Crippen LogP contribution in [0.15, 0.2) is 0 Å². The minimum Gasteiger partial charge on any atom is -0.338 e. The van der Waals surface area contributed by atoms with E-state index in [0.717, 1.165) is 6.42 Å². The second-order valence-electron chi connectivity index (χ2n) is 4.29. The summed E-state index contributed by atoms with van der Waals surface area (Å²) in [5.74, 6) is 0.639. The van der Waals surface area contributed by atoms with Crippen molar-refractivity contribution in [1.82, 2.24) is 10.6 Å². The van der Waals surface area contributed by atoms with Gasteiger partial charge in [0.25, 0.3) is 0 Å². The summed E-state index contributed by atoms with van der Waals surface area (Å²) in [6, 6.07) is -0.431. The Balaban J connectivity index is 3.62. The van der Waals surface area contributed by atoms with Crippen LogP contribution in [-0.4, -0.2) is 35.5 Å². The Kier molecular flexibility index (Phi) is 7.16. The smallest absolute Gasteiger partial charge is 0.321 e. The highest BCUT2D eigenvalue weighted by molar-refractivity contribution is 8.00. The van der Waals surface area contributed by atoms with Crippen LogP contribution in [0.5, 0.6) is 0 Å². The zero-order valence-electron chi connectivity index (χ0n) is 10.1. The molecule has 3 amide bonds. The fourth-order valence-electron chi connectivity index (χ4n) is 0.852. The van der Waals surface area contributed by atoms with E-state index >= 15 is 0 Å². The van der Waals surface area contributed by atoms with E-state index < -0.39 is 6.03 Å². The van der Waals surface area contributed by atoms with Crippen molar-refractivity contribution >= 4 is 23.7 Å². The second-order valence-corrected chi connectivity index (χ2v) is 5.27. The number of thioether (sulfide) groups is 1. The molecule has 0 unspecified atom stereocenters. The first-order chi connectivity index (χ1) is 7.35. The van der Waals surface area contributed by atoms with Crippen LogP contribution in [0.2, 0.25) is 0 Å². The number of carbonyl (C=O) groups is 2. The molecule has 0 rings (SSSR count). The lowest BCUT2D eigenvalue weighted by molar-refractivity contribution is -0.117. The van der Waals surface area contributed by atoms with Crippen molar-refractivity contribution < 1.29 is 9.59 Å². The minimum atomic E-state index is -0.431. The van der Waals surface area contributed by atoms with Crippen LogP contribution in [0.1, 0.15) is 27.2 Å². The third-order valence-corrected chi connectivity index (χ3v) is 2.91. The molecule has 0 heterocycles. The van der Waals surface area contributed by atoms with E-state index in [1.54, 1.807) is 0 Å². The Morgan fingerprint density at radius 1 is 1.38 bits per heavy atom. The zero-order valence-corrected chi connectivity index (χ0v) is 10.9. The maximum atomic E-state index is 11.3. The molecule has 4 N–H and O–H groups in total. The van der Waals surface area contributed by atoms with Gasteiger partial charge in [-0.15, -0.1) is 0 Å². The topological polar surface area (TPSA) is 84.2 Å². The monoisotopic (exact) mass is 247 g/mol. The lowest BCUT2D eigenvalue weighted by atomic mass is 10.1. The van der Waals surface area contributed by atoms with Crippen molar-refractivity contribution in [2.24, 2.45) is 5.73 Å². The SMILES string of the molecule is CCCNC(=O)NC(=O)CSCC(C)(C)N. The number of rotatable bonds is 6.